The average Bonchev–Trinajstić information content (AvgIpc) is 2.00. The highest BCUT2D eigenvalue weighted by atomic mass is 16.7. The molecule has 0 bridgehead atoms. The minimum Gasteiger partial charge on any atom is -0.297 e. The molecular formula is C6H12N4O2. The molecule has 0 radical (unpaired) electrons. The first-order valence-corrected chi connectivity index (χ1v) is 3.36. The molecule has 0 saturated heterocycles. The maximum absolute atomic E-state index is 11.1. The number of carbonyl (C=O) groups is 1. The molecule has 6 heteroatoms. The summed E-state index contributed by atoms with van der Waals surface area (Å²) >= 11 is 0. The quantitative estimate of drug-likeness (QED) is 0.476. The van der Waals surface area contributed by atoms with E-state index in [1.54, 1.807) is 13.8 Å². The first kappa shape index (κ1) is 10.7. The smallest absolute Gasteiger partial charge is 0.297 e. The summed E-state index contributed by atoms with van der Waals surface area (Å²) in [5.41, 5.74) is -0.997. The van der Waals surface area contributed by atoms with Crippen molar-refractivity contribution in [1.82, 2.24) is 0 Å². The van der Waals surface area contributed by atoms with Crippen LogP contribution in [0.5, 0.6) is 0 Å². The van der Waals surface area contributed by atoms with Crippen LogP contribution >= 0.6 is 0 Å². The minimum atomic E-state index is -0.997. The molecule has 0 spiro atoms. The standard InChI is InChI=1S/C6H12N4O2/c1-6(2,9-7-3)5(11)12-10-8-4/h1-4H3. The van der Waals surface area contributed by atoms with Crippen LogP contribution in [0.3, 0.4) is 0 Å². The highest BCUT2D eigenvalue weighted by Gasteiger charge is 2.29. The van der Waals surface area contributed by atoms with E-state index in [9.17, 15) is 4.79 Å². The summed E-state index contributed by atoms with van der Waals surface area (Å²) in [6.45, 7) is 3.15. The molecule has 6 nitrogen and oxygen atoms in total. The van der Waals surface area contributed by atoms with E-state index in [0.29, 0.717) is 0 Å². The van der Waals surface area contributed by atoms with Crippen LogP contribution in [0.1, 0.15) is 13.8 Å². The van der Waals surface area contributed by atoms with E-state index in [1.165, 1.54) is 14.1 Å². The number of hydrogen-bond donors (Lipinski definition) is 0. The van der Waals surface area contributed by atoms with Crippen LogP contribution in [-0.4, -0.2) is 25.6 Å². The number of nitrogens with zero attached hydrogens (tertiary/aromatic N) is 4. The fourth-order valence-corrected chi connectivity index (χ4v) is 0.480. The van der Waals surface area contributed by atoms with E-state index >= 15 is 0 Å². The summed E-state index contributed by atoms with van der Waals surface area (Å²) in [6, 6.07) is 0. The molecule has 0 aliphatic heterocycles. The van der Waals surface area contributed by atoms with E-state index in [0.717, 1.165) is 0 Å². The predicted molar refractivity (Wildman–Crippen MR) is 41.7 cm³/mol. The van der Waals surface area contributed by atoms with Crippen molar-refractivity contribution in [3.63, 3.8) is 0 Å². The van der Waals surface area contributed by atoms with Crippen molar-refractivity contribution < 1.29 is 9.63 Å². The third kappa shape index (κ3) is 3.18. The van der Waals surface area contributed by atoms with Gasteiger partial charge in [-0.05, 0) is 13.8 Å². The van der Waals surface area contributed by atoms with Crippen LogP contribution in [0.15, 0.2) is 20.6 Å². The van der Waals surface area contributed by atoms with Crippen LogP contribution in [-0.2, 0) is 9.63 Å². The molecule has 0 atom stereocenters. The molecule has 0 saturated carbocycles. The van der Waals surface area contributed by atoms with Crippen LogP contribution in [0.25, 0.3) is 0 Å². The molecule has 12 heavy (non-hydrogen) atoms. The number of hydrogen-bond acceptors (Lipinski definition) is 6. The molecule has 0 aliphatic carbocycles. The van der Waals surface area contributed by atoms with Gasteiger partial charge in [0.05, 0.1) is 7.05 Å². The average molecular weight is 172 g/mol. The molecule has 0 N–H and O–H groups in total. The zero-order valence-corrected chi connectivity index (χ0v) is 7.61. The van der Waals surface area contributed by atoms with Gasteiger partial charge in [0.2, 0.25) is 0 Å². The Hall–Kier alpha value is -1.33. The zero-order chi connectivity index (χ0) is 9.61. The van der Waals surface area contributed by atoms with Gasteiger partial charge in [-0.3, -0.25) is 4.84 Å². The summed E-state index contributed by atoms with van der Waals surface area (Å²) in [5, 5.41) is 13.5. The molecule has 0 heterocycles. The van der Waals surface area contributed by atoms with Crippen molar-refractivity contribution in [1.29, 1.82) is 0 Å². The Kier molecular flexibility index (Phi) is 4.03. The fourth-order valence-electron chi connectivity index (χ4n) is 0.480. The third-order valence-electron chi connectivity index (χ3n) is 1.05. The number of carbonyl (C=O) groups excluding carboxylic acids is 1. The van der Waals surface area contributed by atoms with Crippen molar-refractivity contribution in [3.05, 3.63) is 0 Å². The SMILES string of the molecule is CN=NOC(=O)C(C)(C)N=NC. The maximum atomic E-state index is 11.1. The molecule has 0 aromatic carbocycles. The Morgan fingerprint density at radius 2 is 1.83 bits per heavy atom. The maximum Gasteiger partial charge on any atom is 0.365 e. The minimum absolute atomic E-state index is 0.585. The first-order chi connectivity index (χ1) is 5.54. The lowest BCUT2D eigenvalue weighted by Gasteiger charge is -2.11. The Labute approximate surface area is 70.7 Å². The van der Waals surface area contributed by atoms with Crippen LogP contribution in [0.4, 0.5) is 0 Å². The molecule has 68 valence electrons. The van der Waals surface area contributed by atoms with Gasteiger partial charge in [-0.15, -0.1) is 0 Å². The molecule has 0 aromatic heterocycles. The molecule has 0 aromatic rings. The van der Waals surface area contributed by atoms with E-state index < -0.39 is 11.5 Å². The van der Waals surface area contributed by atoms with Gasteiger partial charge in [0.1, 0.15) is 0 Å². The van der Waals surface area contributed by atoms with Gasteiger partial charge in [-0.25, -0.2) is 4.79 Å². The van der Waals surface area contributed by atoms with Crippen molar-refractivity contribution in [2.45, 2.75) is 19.4 Å². The van der Waals surface area contributed by atoms with Gasteiger partial charge >= 0.3 is 5.97 Å². The topological polar surface area (TPSA) is 75.7 Å². The summed E-state index contributed by atoms with van der Waals surface area (Å²) in [7, 11) is 2.89. The normalized spacial score (nSPS) is 12.7. The Balaban J connectivity index is 4.25. The van der Waals surface area contributed by atoms with Gasteiger partial charge < -0.3 is 0 Å². The number of rotatable bonds is 3. The van der Waals surface area contributed by atoms with Gasteiger partial charge in [0.25, 0.3) is 0 Å². The largest absolute Gasteiger partial charge is 0.365 e. The third-order valence-corrected chi connectivity index (χ3v) is 1.05. The molecule has 0 rings (SSSR count). The fraction of sp³-hybridized carbons (Fsp3) is 0.833. The lowest BCUT2D eigenvalue weighted by molar-refractivity contribution is -0.150. The summed E-state index contributed by atoms with van der Waals surface area (Å²) in [6.07, 6.45) is 0. The molecule has 0 aliphatic rings. The van der Waals surface area contributed by atoms with Crippen molar-refractivity contribution in [3.8, 4) is 0 Å². The molecular weight excluding hydrogens is 160 g/mol. The second-order valence-corrected chi connectivity index (χ2v) is 2.52. The highest BCUT2D eigenvalue weighted by Crippen LogP contribution is 2.11. The summed E-state index contributed by atoms with van der Waals surface area (Å²) < 4.78 is 0. The Morgan fingerprint density at radius 1 is 1.25 bits per heavy atom. The monoisotopic (exact) mass is 172 g/mol. The van der Waals surface area contributed by atoms with Crippen molar-refractivity contribution in [2.75, 3.05) is 14.1 Å². The van der Waals surface area contributed by atoms with Crippen LogP contribution < -0.4 is 0 Å². The van der Waals surface area contributed by atoms with E-state index in [4.69, 9.17) is 0 Å². The molecule has 0 unspecified atom stereocenters. The Bertz CT molecular complexity index is 210. The summed E-state index contributed by atoms with van der Waals surface area (Å²) in [5.74, 6) is -0.585. The van der Waals surface area contributed by atoms with E-state index in [-0.39, 0.29) is 0 Å². The summed E-state index contributed by atoms with van der Waals surface area (Å²) in [4.78, 5) is 15.5. The molecule has 0 amide bonds. The van der Waals surface area contributed by atoms with Gasteiger partial charge in [0.15, 0.2) is 5.54 Å². The van der Waals surface area contributed by atoms with Crippen molar-refractivity contribution >= 4 is 5.97 Å². The van der Waals surface area contributed by atoms with E-state index in [2.05, 4.69) is 25.5 Å². The lowest BCUT2D eigenvalue weighted by Crippen LogP contribution is -2.29. The zero-order valence-electron chi connectivity index (χ0n) is 7.61. The predicted octanol–water partition coefficient (Wildman–Crippen LogP) is 1.39. The van der Waals surface area contributed by atoms with Gasteiger partial charge in [0, 0.05) is 12.3 Å². The van der Waals surface area contributed by atoms with Crippen LogP contribution in [0.2, 0.25) is 0 Å². The second-order valence-electron chi connectivity index (χ2n) is 2.52. The Morgan fingerprint density at radius 3 is 2.25 bits per heavy atom. The van der Waals surface area contributed by atoms with Gasteiger partial charge in [-0.1, -0.05) is 0 Å². The van der Waals surface area contributed by atoms with E-state index in [1.807, 2.05) is 0 Å². The lowest BCUT2D eigenvalue weighted by atomic mass is 10.1. The number of azo groups is 1. The van der Waals surface area contributed by atoms with Crippen LogP contribution in [0, 0.1) is 0 Å². The second kappa shape index (κ2) is 4.53. The highest BCUT2D eigenvalue weighted by molar-refractivity contribution is 5.79. The van der Waals surface area contributed by atoms with Crippen molar-refractivity contribution in [2.24, 2.45) is 20.6 Å². The molecule has 0 fully saturated rings. The van der Waals surface area contributed by atoms with Gasteiger partial charge in [-0.2, -0.15) is 15.3 Å². The first-order valence-electron chi connectivity index (χ1n) is 3.36.